The number of anilines is 1. The Kier molecular flexibility index (Phi) is 10.1. The fourth-order valence-electron chi connectivity index (χ4n) is 3.95. The van der Waals surface area contributed by atoms with Gasteiger partial charge in [-0.25, -0.2) is 8.42 Å². The second-order valence-corrected chi connectivity index (χ2v) is 12.9. The van der Waals surface area contributed by atoms with E-state index in [2.05, 4.69) is 5.32 Å². The highest BCUT2D eigenvalue weighted by molar-refractivity contribution is 7.92. The van der Waals surface area contributed by atoms with Gasteiger partial charge in [0.15, 0.2) is 0 Å². The number of rotatable bonds is 10. The van der Waals surface area contributed by atoms with Crippen LogP contribution in [0.25, 0.3) is 0 Å². The molecule has 0 spiro atoms. The van der Waals surface area contributed by atoms with Crippen LogP contribution in [0.3, 0.4) is 0 Å². The van der Waals surface area contributed by atoms with Crippen LogP contribution in [-0.2, 0) is 26.2 Å². The van der Waals surface area contributed by atoms with Gasteiger partial charge in [-0.3, -0.25) is 13.9 Å². The molecule has 3 aromatic carbocycles. The lowest BCUT2D eigenvalue weighted by molar-refractivity contribution is -0.140. The van der Waals surface area contributed by atoms with E-state index in [1.54, 1.807) is 49.4 Å². The zero-order chi connectivity index (χ0) is 29.7. The minimum atomic E-state index is -4.21. The van der Waals surface area contributed by atoms with Crippen LogP contribution in [0.5, 0.6) is 5.75 Å². The number of benzene rings is 3. The van der Waals surface area contributed by atoms with Gasteiger partial charge >= 0.3 is 0 Å². The van der Waals surface area contributed by atoms with Gasteiger partial charge in [-0.2, -0.15) is 0 Å². The predicted molar refractivity (Wildman–Crippen MR) is 158 cm³/mol. The summed E-state index contributed by atoms with van der Waals surface area (Å²) in [6, 6.07) is 18.2. The van der Waals surface area contributed by atoms with E-state index in [1.165, 1.54) is 42.3 Å². The van der Waals surface area contributed by atoms with Crippen LogP contribution in [0.15, 0.2) is 77.7 Å². The Labute approximate surface area is 245 Å². The summed E-state index contributed by atoms with van der Waals surface area (Å²) in [4.78, 5) is 28.5. The second kappa shape index (κ2) is 12.9. The van der Waals surface area contributed by atoms with Crippen LogP contribution in [0, 0.1) is 0 Å². The second-order valence-electron chi connectivity index (χ2n) is 10.2. The molecule has 2 amide bonds. The molecule has 0 aliphatic heterocycles. The molecule has 1 atom stereocenters. The lowest BCUT2D eigenvalue weighted by Gasteiger charge is -2.33. The highest BCUT2D eigenvalue weighted by Gasteiger charge is 2.33. The third kappa shape index (κ3) is 7.90. The normalized spacial score (nSPS) is 12.4. The van der Waals surface area contributed by atoms with Crippen molar-refractivity contribution in [1.82, 2.24) is 10.2 Å². The molecule has 0 fully saturated rings. The number of ether oxygens (including phenoxy) is 1. The van der Waals surface area contributed by atoms with Gasteiger partial charge in [0.05, 0.1) is 22.7 Å². The van der Waals surface area contributed by atoms with E-state index in [0.29, 0.717) is 16.3 Å². The quantitative estimate of drug-likeness (QED) is 0.328. The maximum Gasteiger partial charge on any atom is 0.264 e. The van der Waals surface area contributed by atoms with E-state index in [1.807, 2.05) is 20.8 Å². The average molecular weight is 607 g/mol. The molecule has 0 aromatic heterocycles. The maximum atomic E-state index is 14.0. The summed E-state index contributed by atoms with van der Waals surface area (Å²) in [5.41, 5.74) is 0.303. The molecule has 3 aromatic rings. The van der Waals surface area contributed by atoms with Gasteiger partial charge in [-0.1, -0.05) is 53.5 Å². The molecule has 11 heteroatoms. The summed E-state index contributed by atoms with van der Waals surface area (Å²) in [6.07, 6.45) is 0. The van der Waals surface area contributed by atoms with Crippen molar-refractivity contribution in [2.45, 2.75) is 50.7 Å². The summed E-state index contributed by atoms with van der Waals surface area (Å²) in [5.74, 6) is -0.625. The highest BCUT2D eigenvalue weighted by atomic mass is 35.5. The monoisotopic (exact) mass is 605 g/mol. The van der Waals surface area contributed by atoms with Gasteiger partial charge in [0.25, 0.3) is 10.0 Å². The molecule has 0 bridgehead atoms. The Morgan fingerprint density at radius 2 is 1.65 bits per heavy atom. The molecule has 0 radical (unpaired) electrons. The number of carbonyl (C=O) groups is 2. The van der Waals surface area contributed by atoms with E-state index >= 15 is 0 Å². The number of hydrogen-bond acceptors (Lipinski definition) is 5. The van der Waals surface area contributed by atoms with E-state index in [9.17, 15) is 18.0 Å². The van der Waals surface area contributed by atoms with Crippen LogP contribution in [-0.4, -0.2) is 50.4 Å². The van der Waals surface area contributed by atoms with E-state index in [4.69, 9.17) is 27.9 Å². The molecule has 0 saturated carbocycles. The molecular formula is C29H33Cl2N3O5S. The van der Waals surface area contributed by atoms with Crippen LogP contribution in [0.2, 0.25) is 10.0 Å². The van der Waals surface area contributed by atoms with Gasteiger partial charge < -0.3 is 15.0 Å². The Balaban J connectivity index is 2.06. The Morgan fingerprint density at radius 3 is 2.23 bits per heavy atom. The first-order valence-corrected chi connectivity index (χ1v) is 14.7. The lowest BCUT2D eigenvalue weighted by atomic mass is 10.1. The van der Waals surface area contributed by atoms with Crippen LogP contribution in [0.1, 0.15) is 33.3 Å². The van der Waals surface area contributed by atoms with Gasteiger partial charge in [-0.15, -0.1) is 0 Å². The number of sulfonamides is 1. The molecule has 8 nitrogen and oxygen atoms in total. The van der Waals surface area contributed by atoms with E-state index in [-0.39, 0.29) is 28.1 Å². The van der Waals surface area contributed by atoms with Crippen molar-refractivity contribution in [2.75, 3.05) is 18.0 Å². The van der Waals surface area contributed by atoms with Crippen molar-refractivity contribution < 1.29 is 22.7 Å². The van der Waals surface area contributed by atoms with Crippen molar-refractivity contribution >= 4 is 50.7 Å². The fourth-order valence-corrected chi connectivity index (χ4v) is 5.84. The first-order chi connectivity index (χ1) is 18.7. The molecule has 40 heavy (non-hydrogen) atoms. The number of methoxy groups -OCH3 is 1. The summed E-state index contributed by atoms with van der Waals surface area (Å²) in [5, 5.41) is 3.54. The molecule has 214 valence electrons. The number of carbonyl (C=O) groups excluding carboxylic acids is 2. The largest absolute Gasteiger partial charge is 0.495 e. The SMILES string of the molecule is COc1ccc(N(CC(=O)N(Cc2cccc(Cl)c2)[C@@H](C)C(=O)NC(C)(C)C)S(=O)(=O)c2ccccc2)cc1Cl. The lowest BCUT2D eigenvalue weighted by Crippen LogP contribution is -2.54. The first kappa shape index (κ1) is 31.3. The number of hydrogen-bond donors (Lipinski definition) is 1. The van der Waals surface area contributed by atoms with Crippen LogP contribution < -0.4 is 14.4 Å². The van der Waals surface area contributed by atoms with Gasteiger partial charge in [0.2, 0.25) is 11.8 Å². The Bertz CT molecular complexity index is 1460. The Morgan fingerprint density at radius 1 is 0.975 bits per heavy atom. The minimum absolute atomic E-state index is 0.00495. The molecule has 0 aliphatic rings. The van der Waals surface area contributed by atoms with Crippen molar-refractivity contribution in [3.63, 3.8) is 0 Å². The average Bonchev–Trinajstić information content (AvgIpc) is 2.89. The third-order valence-electron chi connectivity index (χ3n) is 5.94. The first-order valence-electron chi connectivity index (χ1n) is 12.5. The molecular weight excluding hydrogens is 573 g/mol. The summed E-state index contributed by atoms with van der Waals surface area (Å²) in [7, 11) is -2.76. The zero-order valence-corrected chi connectivity index (χ0v) is 25.3. The molecule has 3 rings (SSSR count). The van der Waals surface area contributed by atoms with Crippen molar-refractivity contribution in [3.05, 3.63) is 88.4 Å². The van der Waals surface area contributed by atoms with Crippen LogP contribution >= 0.6 is 23.2 Å². The minimum Gasteiger partial charge on any atom is -0.495 e. The van der Waals surface area contributed by atoms with E-state index < -0.39 is 34.1 Å². The topological polar surface area (TPSA) is 96.0 Å². The number of amides is 2. The predicted octanol–water partition coefficient (Wildman–Crippen LogP) is 5.53. The Hall–Kier alpha value is -3.27. The molecule has 1 N–H and O–H groups in total. The number of nitrogens with one attached hydrogen (secondary N) is 1. The highest BCUT2D eigenvalue weighted by Crippen LogP contribution is 2.32. The maximum absolute atomic E-state index is 14.0. The van der Waals surface area contributed by atoms with Crippen molar-refractivity contribution in [3.8, 4) is 5.75 Å². The molecule has 0 unspecified atom stereocenters. The number of nitrogens with zero attached hydrogens (tertiary/aromatic N) is 2. The summed E-state index contributed by atoms with van der Waals surface area (Å²) >= 11 is 12.5. The van der Waals surface area contributed by atoms with Gasteiger partial charge in [0.1, 0.15) is 18.3 Å². The van der Waals surface area contributed by atoms with Gasteiger partial charge in [0, 0.05) is 17.1 Å². The summed E-state index contributed by atoms with van der Waals surface area (Å²) in [6.45, 7) is 6.55. The van der Waals surface area contributed by atoms with E-state index in [0.717, 1.165) is 4.31 Å². The van der Waals surface area contributed by atoms with Crippen molar-refractivity contribution in [1.29, 1.82) is 0 Å². The standard InChI is InChI=1S/C29H33Cl2N3O5S/c1-20(28(36)32-29(2,3)4)33(18-21-10-9-11-22(30)16-21)27(35)19-34(23-14-15-26(39-5)25(31)17-23)40(37,38)24-12-7-6-8-13-24/h6-17,20H,18-19H2,1-5H3,(H,32,36)/t20-/m0/s1. The smallest absolute Gasteiger partial charge is 0.264 e. The fraction of sp³-hybridized carbons (Fsp3) is 0.310. The van der Waals surface area contributed by atoms with Gasteiger partial charge in [-0.05, 0) is 75.7 Å². The molecule has 0 heterocycles. The molecule has 0 aliphatic carbocycles. The van der Waals surface area contributed by atoms with Crippen LogP contribution in [0.4, 0.5) is 5.69 Å². The third-order valence-corrected chi connectivity index (χ3v) is 8.26. The number of halogens is 2. The zero-order valence-electron chi connectivity index (χ0n) is 23.0. The van der Waals surface area contributed by atoms with Crippen molar-refractivity contribution in [2.24, 2.45) is 0 Å². The summed E-state index contributed by atoms with van der Waals surface area (Å²) < 4.78 is 33.9. The molecule has 0 saturated heterocycles.